The maximum absolute atomic E-state index is 11.4. The maximum atomic E-state index is 11.4. The number of nitrogens with one attached hydrogen (secondary N) is 1. The number of hydrogen-bond acceptors (Lipinski definition) is 3. The van der Waals surface area contributed by atoms with Gasteiger partial charge in [0.05, 0.1) is 0 Å². The lowest BCUT2D eigenvalue weighted by atomic mass is 10.2. The summed E-state index contributed by atoms with van der Waals surface area (Å²) in [5, 5.41) is 12.9. The van der Waals surface area contributed by atoms with Crippen molar-refractivity contribution in [2.45, 2.75) is 13.8 Å². The van der Waals surface area contributed by atoms with Crippen molar-refractivity contribution in [3.63, 3.8) is 0 Å². The van der Waals surface area contributed by atoms with Crippen molar-refractivity contribution in [2.75, 3.05) is 0 Å². The van der Waals surface area contributed by atoms with Crippen LogP contribution in [0.15, 0.2) is 29.4 Å². The van der Waals surface area contributed by atoms with Gasteiger partial charge in [0.1, 0.15) is 5.75 Å². The molecule has 2 N–H and O–H groups in total. The van der Waals surface area contributed by atoms with Gasteiger partial charge >= 0.3 is 0 Å². The molecule has 0 radical (unpaired) electrons. The summed E-state index contributed by atoms with van der Waals surface area (Å²) in [6.45, 7) is 3.92. The Kier molecular flexibility index (Phi) is 3.85. The number of hydrogen-bond donors (Lipinski definition) is 2. The van der Waals surface area contributed by atoms with Gasteiger partial charge in [-0.25, -0.2) is 5.43 Å². The van der Waals surface area contributed by atoms with E-state index in [9.17, 15) is 4.79 Å². The molecule has 4 heteroatoms. The van der Waals surface area contributed by atoms with Crippen LogP contribution in [0.3, 0.4) is 0 Å². The summed E-state index contributed by atoms with van der Waals surface area (Å²) in [5.74, 6) is 0.0211. The monoisotopic (exact) mass is 206 g/mol. The Bertz CT molecular complexity index is 373. The van der Waals surface area contributed by atoms with Crippen LogP contribution in [-0.2, 0) is 0 Å². The second kappa shape index (κ2) is 5.14. The zero-order valence-electron chi connectivity index (χ0n) is 8.77. The van der Waals surface area contributed by atoms with Crippen molar-refractivity contribution < 1.29 is 9.90 Å². The molecule has 0 aromatic heterocycles. The SMILES string of the molecule is CC(C)C=NNC(=O)c1cccc(O)c1. The predicted molar refractivity (Wildman–Crippen MR) is 58.9 cm³/mol. The number of hydrazone groups is 1. The molecule has 1 aromatic rings. The van der Waals surface area contributed by atoms with Gasteiger partial charge in [-0.1, -0.05) is 19.9 Å². The van der Waals surface area contributed by atoms with Crippen molar-refractivity contribution >= 4 is 12.1 Å². The van der Waals surface area contributed by atoms with Crippen molar-refractivity contribution in [1.29, 1.82) is 0 Å². The Labute approximate surface area is 88.6 Å². The highest BCUT2D eigenvalue weighted by atomic mass is 16.3. The summed E-state index contributed by atoms with van der Waals surface area (Å²) in [7, 11) is 0. The average molecular weight is 206 g/mol. The zero-order valence-corrected chi connectivity index (χ0v) is 8.77. The fourth-order valence-electron chi connectivity index (χ4n) is 0.957. The second-order valence-corrected chi connectivity index (χ2v) is 3.51. The second-order valence-electron chi connectivity index (χ2n) is 3.51. The van der Waals surface area contributed by atoms with E-state index in [2.05, 4.69) is 10.5 Å². The van der Waals surface area contributed by atoms with Crippen LogP contribution >= 0.6 is 0 Å². The van der Waals surface area contributed by atoms with E-state index >= 15 is 0 Å². The largest absolute Gasteiger partial charge is 0.508 e. The number of carbonyl (C=O) groups is 1. The van der Waals surface area contributed by atoms with Crippen LogP contribution in [-0.4, -0.2) is 17.2 Å². The van der Waals surface area contributed by atoms with Crippen molar-refractivity contribution in [2.24, 2.45) is 11.0 Å². The molecule has 0 fully saturated rings. The molecule has 0 bridgehead atoms. The minimum atomic E-state index is -0.331. The van der Waals surface area contributed by atoms with E-state index in [0.29, 0.717) is 5.56 Å². The number of aromatic hydroxyl groups is 1. The maximum Gasteiger partial charge on any atom is 0.271 e. The Morgan fingerprint density at radius 1 is 1.53 bits per heavy atom. The van der Waals surface area contributed by atoms with Gasteiger partial charge in [-0.15, -0.1) is 0 Å². The molecule has 0 aliphatic heterocycles. The molecule has 1 rings (SSSR count). The Morgan fingerprint density at radius 3 is 2.87 bits per heavy atom. The van der Waals surface area contributed by atoms with E-state index in [4.69, 9.17) is 5.11 Å². The smallest absolute Gasteiger partial charge is 0.271 e. The van der Waals surface area contributed by atoms with Crippen LogP contribution in [0.5, 0.6) is 5.75 Å². The fourth-order valence-corrected chi connectivity index (χ4v) is 0.957. The highest BCUT2D eigenvalue weighted by Crippen LogP contribution is 2.10. The number of rotatable bonds is 3. The lowest BCUT2D eigenvalue weighted by molar-refractivity contribution is 0.0954. The third kappa shape index (κ3) is 3.81. The predicted octanol–water partition coefficient (Wildman–Crippen LogP) is 1.76. The molecule has 0 aliphatic carbocycles. The molecule has 0 saturated heterocycles. The first-order chi connectivity index (χ1) is 7.09. The van der Waals surface area contributed by atoms with Gasteiger partial charge in [0.15, 0.2) is 0 Å². The lowest BCUT2D eigenvalue weighted by Gasteiger charge is -2.00. The number of phenolic OH excluding ortho intramolecular Hbond substituents is 1. The molecule has 0 aliphatic rings. The number of phenols is 1. The molecule has 0 saturated carbocycles. The quantitative estimate of drug-likeness (QED) is 0.584. The molecular weight excluding hydrogens is 192 g/mol. The number of carbonyl (C=O) groups excluding carboxylic acids is 1. The van der Waals surface area contributed by atoms with Crippen LogP contribution in [0.2, 0.25) is 0 Å². The molecular formula is C11H14N2O2. The minimum absolute atomic E-state index is 0.0653. The highest BCUT2D eigenvalue weighted by Gasteiger charge is 2.03. The van der Waals surface area contributed by atoms with Crippen LogP contribution in [0.4, 0.5) is 0 Å². The number of nitrogens with zero attached hydrogens (tertiary/aromatic N) is 1. The van der Waals surface area contributed by atoms with Gasteiger partial charge in [0.25, 0.3) is 5.91 Å². The van der Waals surface area contributed by atoms with Gasteiger partial charge in [-0.05, 0) is 24.1 Å². The van der Waals surface area contributed by atoms with E-state index in [0.717, 1.165) is 0 Å². The number of benzene rings is 1. The summed E-state index contributed by atoms with van der Waals surface area (Å²) in [6.07, 6.45) is 1.64. The van der Waals surface area contributed by atoms with Gasteiger partial charge in [0, 0.05) is 11.8 Å². The van der Waals surface area contributed by atoms with E-state index in [1.54, 1.807) is 18.3 Å². The molecule has 0 spiro atoms. The van der Waals surface area contributed by atoms with E-state index in [1.807, 2.05) is 13.8 Å². The Morgan fingerprint density at radius 2 is 2.27 bits per heavy atom. The Hall–Kier alpha value is -1.84. The van der Waals surface area contributed by atoms with Gasteiger partial charge in [0.2, 0.25) is 0 Å². The molecule has 80 valence electrons. The van der Waals surface area contributed by atoms with Gasteiger partial charge < -0.3 is 5.11 Å². The Balaban J connectivity index is 2.62. The van der Waals surface area contributed by atoms with E-state index in [1.165, 1.54) is 12.1 Å². The zero-order chi connectivity index (χ0) is 11.3. The van der Waals surface area contributed by atoms with Gasteiger partial charge in [-0.2, -0.15) is 5.10 Å². The standard InChI is InChI=1S/C11H14N2O2/c1-8(2)7-12-13-11(15)9-4-3-5-10(14)6-9/h3-8,14H,1-2H3,(H,13,15). The molecule has 0 atom stereocenters. The van der Waals surface area contributed by atoms with E-state index < -0.39 is 0 Å². The third-order valence-electron chi connectivity index (χ3n) is 1.65. The molecule has 0 heterocycles. The minimum Gasteiger partial charge on any atom is -0.508 e. The normalized spacial score (nSPS) is 10.9. The van der Waals surface area contributed by atoms with Crippen molar-refractivity contribution in [3.8, 4) is 5.75 Å². The summed E-state index contributed by atoms with van der Waals surface area (Å²) in [6, 6.07) is 6.12. The summed E-state index contributed by atoms with van der Waals surface area (Å²) in [5.41, 5.74) is 2.76. The first kappa shape index (κ1) is 11.2. The fraction of sp³-hybridized carbons (Fsp3) is 0.273. The first-order valence-corrected chi connectivity index (χ1v) is 4.72. The van der Waals surface area contributed by atoms with Crippen LogP contribution < -0.4 is 5.43 Å². The topological polar surface area (TPSA) is 61.7 Å². The lowest BCUT2D eigenvalue weighted by Crippen LogP contribution is -2.17. The molecule has 1 amide bonds. The van der Waals surface area contributed by atoms with Crippen LogP contribution in [0.25, 0.3) is 0 Å². The number of amides is 1. The molecule has 1 aromatic carbocycles. The average Bonchev–Trinajstić information content (AvgIpc) is 2.17. The first-order valence-electron chi connectivity index (χ1n) is 4.72. The summed E-state index contributed by atoms with van der Waals surface area (Å²) < 4.78 is 0. The molecule has 4 nitrogen and oxygen atoms in total. The van der Waals surface area contributed by atoms with Crippen molar-refractivity contribution in [1.82, 2.24) is 5.43 Å². The van der Waals surface area contributed by atoms with Gasteiger partial charge in [-0.3, -0.25) is 4.79 Å². The van der Waals surface area contributed by atoms with Crippen molar-refractivity contribution in [3.05, 3.63) is 29.8 Å². The van der Waals surface area contributed by atoms with Crippen LogP contribution in [0.1, 0.15) is 24.2 Å². The third-order valence-corrected chi connectivity index (χ3v) is 1.65. The summed E-state index contributed by atoms with van der Waals surface area (Å²) in [4.78, 5) is 11.4. The highest BCUT2D eigenvalue weighted by molar-refractivity contribution is 5.94. The summed E-state index contributed by atoms with van der Waals surface area (Å²) >= 11 is 0. The molecule has 0 unspecified atom stereocenters. The van der Waals surface area contributed by atoms with E-state index in [-0.39, 0.29) is 17.6 Å². The molecule has 15 heavy (non-hydrogen) atoms. The van der Waals surface area contributed by atoms with Crippen LogP contribution in [0, 0.1) is 5.92 Å².